The molecule has 0 saturated carbocycles. The number of hydrogen-bond donors (Lipinski definition) is 2. The van der Waals surface area contributed by atoms with Crippen LogP contribution in [0.5, 0.6) is 5.75 Å². The molecular weight excluding hydrogens is 542 g/mol. The first-order valence-electron chi connectivity index (χ1n) is 13.2. The molecule has 0 unspecified atom stereocenters. The predicted molar refractivity (Wildman–Crippen MR) is 162 cm³/mol. The van der Waals surface area contributed by atoms with Crippen molar-refractivity contribution in [2.75, 3.05) is 20.2 Å². The van der Waals surface area contributed by atoms with Crippen molar-refractivity contribution in [3.63, 3.8) is 0 Å². The molecule has 9 nitrogen and oxygen atoms in total. The van der Waals surface area contributed by atoms with Crippen molar-refractivity contribution in [2.24, 2.45) is 5.41 Å². The van der Waals surface area contributed by atoms with E-state index >= 15 is 0 Å². The van der Waals surface area contributed by atoms with Crippen molar-refractivity contribution in [1.82, 2.24) is 14.8 Å². The van der Waals surface area contributed by atoms with E-state index in [2.05, 4.69) is 5.32 Å². The molecule has 0 atom stereocenters. The Morgan fingerprint density at radius 1 is 1.00 bits per heavy atom. The largest absolute Gasteiger partial charge is 0.494 e. The van der Waals surface area contributed by atoms with Crippen LogP contribution in [0.25, 0.3) is 21.0 Å². The number of pyridine rings is 1. The van der Waals surface area contributed by atoms with Crippen molar-refractivity contribution < 1.29 is 24.2 Å². The molecule has 2 heterocycles. The molecule has 0 aliphatic carbocycles. The Hall–Kier alpha value is -4.18. The molecule has 10 heteroatoms. The molecule has 216 valence electrons. The first-order chi connectivity index (χ1) is 19.2. The highest BCUT2D eigenvalue weighted by Crippen LogP contribution is 2.39. The van der Waals surface area contributed by atoms with Crippen LogP contribution in [0.2, 0.25) is 0 Å². The third kappa shape index (κ3) is 6.12. The Labute approximate surface area is 242 Å². The highest BCUT2D eigenvalue weighted by atomic mass is 32.1. The van der Waals surface area contributed by atoms with E-state index in [1.54, 1.807) is 36.4 Å². The molecule has 0 fully saturated rings. The van der Waals surface area contributed by atoms with Gasteiger partial charge >= 0.3 is 6.09 Å². The Morgan fingerprint density at radius 3 is 2.24 bits per heavy atom. The highest BCUT2D eigenvalue weighted by molar-refractivity contribution is 7.22. The van der Waals surface area contributed by atoms with E-state index in [4.69, 9.17) is 4.74 Å². The summed E-state index contributed by atoms with van der Waals surface area (Å²) in [7, 11) is 1.41. The number of hydrogen-bond acceptors (Lipinski definition) is 6. The van der Waals surface area contributed by atoms with E-state index in [9.17, 15) is 24.3 Å². The number of nitrogens with zero attached hydrogens (tertiary/aromatic N) is 2. The van der Waals surface area contributed by atoms with Gasteiger partial charge in [-0.05, 0) is 32.3 Å². The molecular formula is C31H35N3O6S. The molecule has 0 spiro atoms. The predicted octanol–water partition coefficient (Wildman–Crippen LogP) is 5.64. The zero-order valence-corrected chi connectivity index (χ0v) is 24.9. The summed E-state index contributed by atoms with van der Waals surface area (Å²) in [5, 5.41) is 13.6. The lowest BCUT2D eigenvalue weighted by Crippen LogP contribution is -2.51. The molecule has 0 saturated heterocycles. The van der Waals surface area contributed by atoms with Gasteiger partial charge in [-0.2, -0.15) is 0 Å². The summed E-state index contributed by atoms with van der Waals surface area (Å²) in [5.74, 6) is -0.486. The van der Waals surface area contributed by atoms with E-state index in [1.165, 1.54) is 16.6 Å². The minimum Gasteiger partial charge on any atom is -0.494 e. The van der Waals surface area contributed by atoms with Crippen LogP contribution in [-0.2, 0) is 6.54 Å². The van der Waals surface area contributed by atoms with Gasteiger partial charge in [0.05, 0.1) is 23.9 Å². The number of Topliss-reactive ketones (excluding diaryl/α,β-unsaturated/α-hetero) is 1. The van der Waals surface area contributed by atoms with Crippen LogP contribution in [0.4, 0.5) is 4.79 Å². The van der Waals surface area contributed by atoms with Crippen molar-refractivity contribution in [3.05, 3.63) is 75.4 Å². The van der Waals surface area contributed by atoms with Crippen LogP contribution in [-0.4, -0.2) is 58.1 Å². The summed E-state index contributed by atoms with van der Waals surface area (Å²) >= 11 is 1.16. The molecule has 2 aromatic carbocycles. The van der Waals surface area contributed by atoms with Crippen LogP contribution >= 0.6 is 11.3 Å². The van der Waals surface area contributed by atoms with Crippen LogP contribution < -0.4 is 15.6 Å². The average Bonchev–Trinajstić information content (AvgIpc) is 3.32. The quantitative estimate of drug-likeness (QED) is 0.249. The molecule has 0 aliphatic heterocycles. The molecule has 0 aliphatic rings. The number of thiophene rings is 1. The van der Waals surface area contributed by atoms with Gasteiger partial charge in [-0.1, -0.05) is 62.4 Å². The maximum absolute atomic E-state index is 13.9. The summed E-state index contributed by atoms with van der Waals surface area (Å²) in [6.07, 6.45) is -1.03. The number of nitrogens with one attached hydrogen (secondary N) is 1. The fourth-order valence-corrected chi connectivity index (χ4v) is 5.99. The number of ether oxygens (including phenoxy) is 1. The summed E-state index contributed by atoms with van der Waals surface area (Å²) in [5.41, 5.74) is -0.524. The van der Waals surface area contributed by atoms with Crippen molar-refractivity contribution in [3.8, 4) is 5.75 Å². The monoisotopic (exact) mass is 577 g/mol. The lowest BCUT2D eigenvalue weighted by atomic mass is 9.90. The molecule has 41 heavy (non-hydrogen) atoms. The zero-order valence-electron chi connectivity index (χ0n) is 24.1. The van der Waals surface area contributed by atoms with Crippen molar-refractivity contribution in [1.29, 1.82) is 0 Å². The minimum absolute atomic E-state index is 0.152. The van der Waals surface area contributed by atoms with Gasteiger partial charge in [0.15, 0.2) is 11.5 Å². The van der Waals surface area contributed by atoms with E-state index in [-0.39, 0.29) is 41.4 Å². The van der Waals surface area contributed by atoms with Crippen LogP contribution in [0.15, 0.2) is 59.4 Å². The van der Waals surface area contributed by atoms with Gasteiger partial charge in [0.25, 0.3) is 11.5 Å². The van der Waals surface area contributed by atoms with Gasteiger partial charge in [0, 0.05) is 29.6 Å². The second-order valence-corrected chi connectivity index (χ2v) is 12.8. The number of aromatic nitrogens is 1. The Balaban J connectivity index is 1.72. The normalized spacial score (nSPS) is 12.0. The summed E-state index contributed by atoms with van der Waals surface area (Å²) in [4.78, 5) is 53.9. The number of ketones is 1. The average molecular weight is 578 g/mol. The molecule has 0 radical (unpaired) electrons. The third-order valence-corrected chi connectivity index (χ3v) is 8.13. The maximum atomic E-state index is 13.9. The number of carbonyl (C=O) groups is 3. The molecule has 2 N–H and O–H groups in total. The lowest BCUT2D eigenvalue weighted by molar-refractivity contribution is 0.0705. The van der Waals surface area contributed by atoms with Gasteiger partial charge in [0.1, 0.15) is 10.3 Å². The Morgan fingerprint density at radius 2 is 1.63 bits per heavy atom. The summed E-state index contributed by atoms with van der Waals surface area (Å²) in [6.45, 7) is 9.47. The van der Waals surface area contributed by atoms with E-state index in [0.717, 1.165) is 16.7 Å². The van der Waals surface area contributed by atoms with Gasteiger partial charge in [-0.15, -0.1) is 11.3 Å². The number of para-hydroxylation sites is 1. The zero-order chi connectivity index (χ0) is 30.1. The first-order valence-corrected chi connectivity index (χ1v) is 14.1. The summed E-state index contributed by atoms with van der Waals surface area (Å²) in [6, 6.07) is 16.1. The lowest BCUT2D eigenvalue weighted by Gasteiger charge is -2.39. The second-order valence-electron chi connectivity index (χ2n) is 11.8. The van der Waals surface area contributed by atoms with Crippen molar-refractivity contribution in [2.45, 2.75) is 46.7 Å². The second kappa shape index (κ2) is 11.4. The number of benzene rings is 2. The van der Waals surface area contributed by atoms with Gasteiger partial charge < -0.3 is 20.1 Å². The van der Waals surface area contributed by atoms with Gasteiger partial charge in [0.2, 0.25) is 0 Å². The molecule has 2 aromatic heterocycles. The topological polar surface area (TPSA) is 118 Å². The van der Waals surface area contributed by atoms with Gasteiger partial charge in [-0.3, -0.25) is 19.0 Å². The fourth-order valence-electron chi connectivity index (χ4n) is 4.78. The third-order valence-electron chi connectivity index (χ3n) is 6.93. The first kappa shape index (κ1) is 29.8. The van der Waals surface area contributed by atoms with Gasteiger partial charge in [-0.25, -0.2) is 4.79 Å². The number of carboxylic acid groups (broad SMARTS) is 1. The van der Waals surface area contributed by atoms with Crippen LogP contribution in [0.1, 0.15) is 54.6 Å². The SMILES string of the molecule is COc1c(C(=O)NCC(C)(C)CN(C(=O)O)C(C)(C)C)sc2c1c(=O)n(CC(=O)c1ccccc1)c1ccccc21. The standard InChI is InChI=1S/C31H35N3O6S/c1-30(2,3)34(29(38)39)18-31(4,5)17-32-27(36)26-24(40-6)23-25(41-26)20-14-10-11-15-21(20)33(28(23)37)16-22(35)19-12-8-7-9-13-19/h7-15H,16-18H2,1-6H3,(H,32,36)(H,38,39). The van der Waals surface area contributed by atoms with Crippen LogP contribution in [0, 0.1) is 5.41 Å². The maximum Gasteiger partial charge on any atom is 0.407 e. The molecule has 4 rings (SSSR count). The summed E-state index contributed by atoms with van der Waals surface area (Å²) < 4.78 is 7.66. The Kier molecular flexibility index (Phi) is 8.26. The number of rotatable bonds is 9. The fraction of sp³-hybridized carbons (Fsp3) is 0.355. The smallest absolute Gasteiger partial charge is 0.407 e. The number of amides is 2. The molecule has 2 amide bonds. The van der Waals surface area contributed by atoms with E-state index in [1.807, 2.05) is 52.8 Å². The number of carbonyl (C=O) groups excluding carboxylic acids is 2. The Bertz CT molecular complexity index is 1680. The molecule has 0 bridgehead atoms. The highest BCUT2D eigenvalue weighted by Gasteiger charge is 2.33. The number of fused-ring (bicyclic) bond motifs is 3. The van der Waals surface area contributed by atoms with Crippen LogP contribution in [0.3, 0.4) is 0 Å². The van der Waals surface area contributed by atoms with E-state index < -0.39 is 28.5 Å². The molecule has 4 aromatic rings. The van der Waals surface area contributed by atoms with Crippen molar-refractivity contribution >= 4 is 50.1 Å². The number of methoxy groups -OCH3 is 1. The van der Waals surface area contributed by atoms with E-state index in [0.29, 0.717) is 15.8 Å². The minimum atomic E-state index is -1.03.